The molecule has 0 radical (unpaired) electrons. The number of hydrogen-bond acceptors (Lipinski definition) is 4. The van der Waals surface area contributed by atoms with Crippen LogP contribution in [-0.2, 0) is 9.53 Å². The summed E-state index contributed by atoms with van der Waals surface area (Å²) < 4.78 is 46.1. The van der Waals surface area contributed by atoms with Gasteiger partial charge in [0.25, 0.3) is 5.91 Å². The molecule has 2 aliphatic rings. The van der Waals surface area contributed by atoms with Crippen molar-refractivity contribution in [2.45, 2.75) is 12.8 Å². The molecule has 136 valence electrons. The Hall–Kier alpha value is -2.29. The van der Waals surface area contributed by atoms with E-state index in [0.29, 0.717) is 13.0 Å². The number of benzene rings is 1. The van der Waals surface area contributed by atoms with E-state index in [2.05, 4.69) is 4.74 Å². The molecule has 1 N–H and O–H groups in total. The molecule has 1 aromatic rings. The monoisotopic (exact) mass is 359 g/mol. The molecule has 1 aromatic carbocycles. The minimum atomic E-state index is -4.85. The van der Waals surface area contributed by atoms with E-state index in [1.54, 1.807) is 0 Å². The molecule has 6 nitrogen and oxygen atoms in total. The number of carboxylic acids is 1. The predicted octanol–water partition coefficient (Wildman–Crippen LogP) is 2.15. The molecule has 1 amide bonds. The van der Waals surface area contributed by atoms with Gasteiger partial charge in [-0.25, -0.2) is 0 Å². The highest BCUT2D eigenvalue weighted by molar-refractivity contribution is 5.95. The van der Waals surface area contributed by atoms with E-state index in [1.165, 1.54) is 17.0 Å². The van der Waals surface area contributed by atoms with Crippen LogP contribution in [0.2, 0.25) is 0 Å². The lowest BCUT2D eigenvalue weighted by Gasteiger charge is -2.33. The molecule has 0 aromatic heterocycles. The van der Waals surface area contributed by atoms with Gasteiger partial charge in [-0.2, -0.15) is 0 Å². The number of carboxylic acid groups (broad SMARTS) is 1. The van der Waals surface area contributed by atoms with Crippen LogP contribution in [0.5, 0.6) is 5.75 Å². The van der Waals surface area contributed by atoms with Gasteiger partial charge in [0.05, 0.1) is 6.61 Å². The third-order valence-electron chi connectivity index (χ3n) is 4.69. The van der Waals surface area contributed by atoms with Crippen molar-refractivity contribution >= 4 is 11.9 Å². The third-order valence-corrected chi connectivity index (χ3v) is 4.69. The summed E-state index contributed by atoms with van der Waals surface area (Å²) in [6, 6.07) is 4.76. The summed E-state index contributed by atoms with van der Waals surface area (Å²) in [6.07, 6.45) is -4.33. The van der Waals surface area contributed by atoms with Crippen LogP contribution in [0.25, 0.3) is 0 Å². The third kappa shape index (κ3) is 3.41. The number of ether oxygens (including phenoxy) is 2. The summed E-state index contributed by atoms with van der Waals surface area (Å²) in [6.45, 7) is 0.652. The first-order chi connectivity index (χ1) is 11.7. The molecule has 0 aliphatic carbocycles. The summed E-state index contributed by atoms with van der Waals surface area (Å²) in [7, 11) is 0. The maximum atomic E-state index is 12.6. The van der Waals surface area contributed by atoms with Gasteiger partial charge in [0, 0.05) is 25.3 Å². The Balaban J connectivity index is 1.80. The van der Waals surface area contributed by atoms with Crippen LogP contribution in [0.1, 0.15) is 16.8 Å². The van der Waals surface area contributed by atoms with Crippen LogP contribution in [-0.4, -0.2) is 54.5 Å². The second-order valence-corrected chi connectivity index (χ2v) is 6.26. The lowest BCUT2D eigenvalue weighted by Crippen LogP contribution is -2.46. The van der Waals surface area contributed by atoms with E-state index in [4.69, 9.17) is 4.74 Å². The Morgan fingerprint density at radius 1 is 1.36 bits per heavy atom. The molecule has 0 spiro atoms. The van der Waals surface area contributed by atoms with E-state index >= 15 is 0 Å². The molecule has 0 unspecified atom stereocenters. The van der Waals surface area contributed by atoms with E-state index in [-0.39, 0.29) is 31.2 Å². The standard InChI is InChI=1S/C16H16F3NO5/c17-16(18,19)25-12-3-1-2-10(6-12)13(21)20-7-11-4-5-24-9-15(11,8-20)14(22)23/h1-3,6,11H,4-5,7-9H2,(H,22,23)/t11-,15+/m0/s1. The number of halogens is 3. The van der Waals surface area contributed by atoms with Crippen molar-refractivity contribution in [2.24, 2.45) is 11.3 Å². The van der Waals surface area contributed by atoms with Crippen LogP contribution < -0.4 is 4.74 Å². The summed E-state index contributed by atoms with van der Waals surface area (Å²) in [5.74, 6) is -2.28. The van der Waals surface area contributed by atoms with Gasteiger partial charge in [-0.3, -0.25) is 9.59 Å². The van der Waals surface area contributed by atoms with Gasteiger partial charge in [0.1, 0.15) is 11.2 Å². The first-order valence-corrected chi connectivity index (χ1v) is 7.67. The Morgan fingerprint density at radius 3 is 2.76 bits per heavy atom. The Morgan fingerprint density at radius 2 is 2.12 bits per heavy atom. The minimum absolute atomic E-state index is 0.0156. The number of carbonyl (C=O) groups excluding carboxylic acids is 1. The Kier molecular flexibility index (Phi) is 4.36. The lowest BCUT2D eigenvalue weighted by molar-refractivity contribution is -0.274. The zero-order chi connectivity index (χ0) is 18.2. The van der Waals surface area contributed by atoms with Gasteiger partial charge < -0.3 is 19.5 Å². The lowest BCUT2D eigenvalue weighted by atomic mass is 9.76. The highest BCUT2D eigenvalue weighted by Crippen LogP contribution is 2.42. The number of carbonyl (C=O) groups is 2. The molecule has 2 aliphatic heterocycles. The van der Waals surface area contributed by atoms with E-state index in [1.807, 2.05) is 0 Å². The average molecular weight is 359 g/mol. The molecule has 2 heterocycles. The molecule has 2 saturated heterocycles. The zero-order valence-corrected chi connectivity index (χ0v) is 13.1. The number of nitrogens with zero attached hydrogens (tertiary/aromatic N) is 1. The molecule has 9 heteroatoms. The number of aliphatic carboxylic acids is 1. The van der Waals surface area contributed by atoms with Gasteiger partial charge in [0.15, 0.2) is 0 Å². The normalized spacial score (nSPS) is 26.2. The fourth-order valence-electron chi connectivity index (χ4n) is 3.45. The van der Waals surface area contributed by atoms with Crippen molar-refractivity contribution in [3.05, 3.63) is 29.8 Å². The molecular weight excluding hydrogens is 343 g/mol. The fraction of sp³-hybridized carbons (Fsp3) is 0.500. The molecule has 2 fully saturated rings. The van der Waals surface area contributed by atoms with Crippen molar-refractivity contribution < 1.29 is 37.3 Å². The van der Waals surface area contributed by atoms with Crippen molar-refractivity contribution in [1.29, 1.82) is 0 Å². The summed E-state index contributed by atoms with van der Waals surface area (Å²) in [5, 5.41) is 9.58. The molecular formula is C16H16F3NO5. The molecule has 0 bridgehead atoms. The zero-order valence-electron chi connectivity index (χ0n) is 13.1. The van der Waals surface area contributed by atoms with Gasteiger partial charge in [-0.15, -0.1) is 13.2 Å². The molecule has 0 saturated carbocycles. The van der Waals surface area contributed by atoms with E-state index in [0.717, 1.165) is 12.1 Å². The van der Waals surface area contributed by atoms with Crippen molar-refractivity contribution in [1.82, 2.24) is 4.90 Å². The van der Waals surface area contributed by atoms with E-state index < -0.39 is 29.4 Å². The predicted molar refractivity (Wildman–Crippen MR) is 78.0 cm³/mol. The quantitative estimate of drug-likeness (QED) is 0.895. The van der Waals surface area contributed by atoms with Crippen molar-refractivity contribution in [3.63, 3.8) is 0 Å². The Bertz CT molecular complexity index is 693. The second kappa shape index (κ2) is 6.21. The van der Waals surface area contributed by atoms with Gasteiger partial charge >= 0.3 is 12.3 Å². The maximum Gasteiger partial charge on any atom is 0.573 e. The van der Waals surface area contributed by atoms with E-state index in [9.17, 15) is 27.9 Å². The topological polar surface area (TPSA) is 76.1 Å². The highest BCUT2D eigenvalue weighted by atomic mass is 19.4. The number of alkyl halides is 3. The summed E-state index contributed by atoms with van der Waals surface area (Å²) >= 11 is 0. The van der Waals surface area contributed by atoms with Crippen molar-refractivity contribution in [3.8, 4) is 5.75 Å². The first-order valence-electron chi connectivity index (χ1n) is 7.67. The molecule has 2 atom stereocenters. The Labute approximate surface area is 141 Å². The smallest absolute Gasteiger partial charge is 0.481 e. The average Bonchev–Trinajstić information content (AvgIpc) is 2.93. The van der Waals surface area contributed by atoms with Crippen LogP contribution in [0.4, 0.5) is 13.2 Å². The van der Waals surface area contributed by atoms with Gasteiger partial charge in [-0.05, 0) is 30.5 Å². The maximum absolute atomic E-state index is 12.6. The number of hydrogen-bond donors (Lipinski definition) is 1. The van der Waals surface area contributed by atoms with Crippen LogP contribution in [0.3, 0.4) is 0 Å². The highest BCUT2D eigenvalue weighted by Gasteiger charge is 2.55. The number of fused-ring (bicyclic) bond motifs is 1. The second-order valence-electron chi connectivity index (χ2n) is 6.26. The van der Waals surface area contributed by atoms with Crippen molar-refractivity contribution in [2.75, 3.05) is 26.3 Å². The van der Waals surface area contributed by atoms with Gasteiger partial charge in [0.2, 0.25) is 0 Å². The minimum Gasteiger partial charge on any atom is -0.481 e. The number of rotatable bonds is 3. The van der Waals surface area contributed by atoms with Crippen LogP contribution in [0, 0.1) is 11.3 Å². The fourth-order valence-corrected chi connectivity index (χ4v) is 3.45. The van der Waals surface area contributed by atoms with Gasteiger partial charge in [-0.1, -0.05) is 6.07 Å². The van der Waals surface area contributed by atoms with Crippen LogP contribution in [0.15, 0.2) is 24.3 Å². The SMILES string of the molecule is O=C(c1cccc(OC(F)(F)F)c1)N1C[C@@H]2CCOC[C@]2(C(=O)O)C1. The van der Waals surface area contributed by atoms with Crippen LogP contribution >= 0.6 is 0 Å². The molecule has 3 rings (SSSR count). The number of amides is 1. The largest absolute Gasteiger partial charge is 0.573 e. The summed E-state index contributed by atoms with van der Waals surface area (Å²) in [5.41, 5.74) is -1.14. The number of likely N-dealkylation sites (tertiary alicyclic amines) is 1. The molecule has 25 heavy (non-hydrogen) atoms. The first kappa shape index (κ1) is 17.5. The summed E-state index contributed by atoms with van der Waals surface area (Å²) in [4.78, 5) is 25.7.